The third kappa shape index (κ3) is 3.77. The fourth-order valence-corrected chi connectivity index (χ4v) is 2.59. The van der Waals surface area contributed by atoms with Crippen LogP contribution in [0.3, 0.4) is 0 Å². The largest absolute Gasteiger partial charge is 0.352 e. The highest BCUT2D eigenvalue weighted by Gasteiger charge is 2.19. The average Bonchev–Trinajstić information content (AvgIpc) is 2.39. The number of benzene rings is 1. The standard InChI is InChI=1S/C15H21FN2O/c1-10-5-6-12(8-14(10)16)15(19)18-9-11-3-2-4-13(17)7-11/h5-6,8,11,13H,2-4,7,9,17H2,1H3,(H,18,19). The van der Waals surface area contributed by atoms with Gasteiger partial charge in [-0.15, -0.1) is 0 Å². The minimum absolute atomic E-state index is 0.210. The lowest BCUT2D eigenvalue weighted by Gasteiger charge is -2.26. The summed E-state index contributed by atoms with van der Waals surface area (Å²) in [6.07, 6.45) is 4.27. The van der Waals surface area contributed by atoms with E-state index in [1.165, 1.54) is 6.07 Å². The van der Waals surface area contributed by atoms with E-state index in [0.717, 1.165) is 25.7 Å². The molecule has 1 aromatic carbocycles. The molecule has 1 aromatic rings. The van der Waals surface area contributed by atoms with Gasteiger partial charge in [0.2, 0.25) is 0 Å². The highest BCUT2D eigenvalue weighted by Crippen LogP contribution is 2.22. The fraction of sp³-hybridized carbons (Fsp3) is 0.533. The van der Waals surface area contributed by atoms with Gasteiger partial charge in [0.25, 0.3) is 5.91 Å². The van der Waals surface area contributed by atoms with Crippen LogP contribution in [-0.4, -0.2) is 18.5 Å². The maximum absolute atomic E-state index is 13.4. The Morgan fingerprint density at radius 2 is 2.26 bits per heavy atom. The second kappa shape index (κ2) is 6.15. The normalized spacial score (nSPS) is 23.1. The minimum Gasteiger partial charge on any atom is -0.352 e. The van der Waals surface area contributed by atoms with Crippen LogP contribution in [0.1, 0.15) is 41.6 Å². The lowest BCUT2D eigenvalue weighted by molar-refractivity contribution is 0.0942. The van der Waals surface area contributed by atoms with Crippen LogP contribution in [0.4, 0.5) is 4.39 Å². The summed E-state index contributed by atoms with van der Waals surface area (Å²) in [7, 11) is 0. The van der Waals surface area contributed by atoms with Crippen molar-refractivity contribution in [3.63, 3.8) is 0 Å². The summed E-state index contributed by atoms with van der Waals surface area (Å²) in [5, 5.41) is 2.87. The van der Waals surface area contributed by atoms with E-state index >= 15 is 0 Å². The van der Waals surface area contributed by atoms with Gasteiger partial charge in [-0.05, 0) is 49.8 Å². The van der Waals surface area contributed by atoms with E-state index in [-0.39, 0.29) is 17.8 Å². The lowest BCUT2D eigenvalue weighted by atomic mass is 9.86. The lowest BCUT2D eigenvalue weighted by Crippen LogP contribution is -2.35. The molecule has 1 fully saturated rings. The van der Waals surface area contributed by atoms with Crippen LogP contribution in [0.2, 0.25) is 0 Å². The molecule has 0 bridgehead atoms. The first-order valence-corrected chi connectivity index (χ1v) is 6.86. The Labute approximate surface area is 113 Å². The smallest absolute Gasteiger partial charge is 0.251 e. The molecule has 4 heteroatoms. The zero-order valence-corrected chi connectivity index (χ0v) is 11.3. The highest BCUT2D eigenvalue weighted by atomic mass is 19.1. The molecule has 19 heavy (non-hydrogen) atoms. The Morgan fingerprint density at radius 3 is 2.95 bits per heavy atom. The number of nitrogens with one attached hydrogen (secondary N) is 1. The average molecular weight is 264 g/mol. The topological polar surface area (TPSA) is 55.1 Å². The van der Waals surface area contributed by atoms with Gasteiger partial charge in [-0.1, -0.05) is 12.5 Å². The van der Waals surface area contributed by atoms with Crippen LogP contribution in [0.25, 0.3) is 0 Å². The van der Waals surface area contributed by atoms with E-state index in [2.05, 4.69) is 5.32 Å². The number of aryl methyl sites for hydroxylation is 1. The SMILES string of the molecule is Cc1ccc(C(=O)NCC2CCCC(N)C2)cc1F. The third-order valence-electron chi connectivity index (χ3n) is 3.81. The van der Waals surface area contributed by atoms with E-state index in [4.69, 9.17) is 5.73 Å². The molecule has 0 heterocycles. The number of rotatable bonds is 3. The number of hydrogen-bond donors (Lipinski definition) is 2. The van der Waals surface area contributed by atoms with E-state index in [1.54, 1.807) is 19.1 Å². The van der Waals surface area contributed by atoms with E-state index in [9.17, 15) is 9.18 Å². The Morgan fingerprint density at radius 1 is 1.47 bits per heavy atom. The van der Waals surface area contributed by atoms with Crippen LogP contribution in [0, 0.1) is 18.7 Å². The number of carbonyl (C=O) groups is 1. The summed E-state index contributed by atoms with van der Waals surface area (Å²) in [5.74, 6) is -0.103. The molecule has 1 aliphatic carbocycles. The highest BCUT2D eigenvalue weighted by molar-refractivity contribution is 5.94. The van der Waals surface area contributed by atoms with Crippen molar-refractivity contribution in [1.29, 1.82) is 0 Å². The van der Waals surface area contributed by atoms with Gasteiger partial charge in [0.15, 0.2) is 0 Å². The maximum atomic E-state index is 13.4. The van der Waals surface area contributed by atoms with Crippen molar-refractivity contribution >= 4 is 5.91 Å². The van der Waals surface area contributed by atoms with Gasteiger partial charge in [0, 0.05) is 18.2 Å². The molecule has 2 atom stereocenters. The quantitative estimate of drug-likeness (QED) is 0.880. The summed E-state index contributed by atoms with van der Waals surface area (Å²) in [6, 6.07) is 4.82. The first-order valence-electron chi connectivity index (χ1n) is 6.86. The molecule has 0 aromatic heterocycles. The molecule has 0 spiro atoms. The van der Waals surface area contributed by atoms with Crippen LogP contribution in [0.5, 0.6) is 0 Å². The van der Waals surface area contributed by atoms with Crippen molar-refractivity contribution in [3.8, 4) is 0 Å². The summed E-state index contributed by atoms with van der Waals surface area (Å²) >= 11 is 0. The first-order chi connectivity index (χ1) is 9.06. The molecule has 1 aliphatic rings. The predicted molar refractivity (Wildman–Crippen MR) is 73.4 cm³/mol. The summed E-state index contributed by atoms with van der Waals surface area (Å²) < 4.78 is 13.4. The molecule has 1 amide bonds. The summed E-state index contributed by atoms with van der Waals surface area (Å²) in [6.45, 7) is 2.31. The minimum atomic E-state index is -0.340. The molecule has 0 radical (unpaired) electrons. The van der Waals surface area contributed by atoms with Crippen molar-refractivity contribution < 1.29 is 9.18 Å². The number of nitrogens with two attached hydrogens (primary N) is 1. The van der Waals surface area contributed by atoms with Crippen LogP contribution < -0.4 is 11.1 Å². The van der Waals surface area contributed by atoms with Crippen molar-refractivity contribution in [2.75, 3.05) is 6.54 Å². The van der Waals surface area contributed by atoms with Crippen LogP contribution in [-0.2, 0) is 0 Å². The molecule has 0 saturated heterocycles. The number of carbonyl (C=O) groups excluding carboxylic acids is 1. The molecule has 2 unspecified atom stereocenters. The predicted octanol–water partition coefficient (Wildman–Crippen LogP) is 2.38. The molecule has 3 nitrogen and oxygen atoms in total. The van der Waals surface area contributed by atoms with Crippen LogP contribution >= 0.6 is 0 Å². The molecular formula is C15H21FN2O. The Bertz CT molecular complexity index is 461. The zero-order chi connectivity index (χ0) is 13.8. The van der Waals surface area contributed by atoms with Crippen molar-refractivity contribution in [3.05, 3.63) is 35.1 Å². The Balaban J connectivity index is 1.88. The summed E-state index contributed by atoms with van der Waals surface area (Å²) in [4.78, 5) is 11.9. The van der Waals surface area contributed by atoms with Gasteiger partial charge >= 0.3 is 0 Å². The van der Waals surface area contributed by atoms with Crippen LogP contribution in [0.15, 0.2) is 18.2 Å². The molecule has 3 N–H and O–H groups in total. The Hall–Kier alpha value is -1.42. The zero-order valence-electron chi connectivity index (χ0n) is 11.3. The molecular weight excluding hydrogens is 243 g/mol. The number of halogens is 1. The molecule has 1 saturated carbocycles. The fourth-order valence-electron chi connectivity index (χ4n) is 2.59. The van der Waals surface area contributed by atoms with Crippen molar-refractivity contribution in [2.45, 2.75) is 38.6 Å². The van der Waals surface area contributed by atoms with Gasteiger partial charge in [-0.2, -0.15) is 0 Å². The van der Waals surface area contributed by atoms with E-state index in [0.29, 0.717) is 23.6 Å². The molecule has 2 rings (SSSR count). The van der Waals surface area contributed by atoms with Crippen molar-refractivity contribution in [2.24, 2.45) is 11.7 Å². The van der Waals surface area contributed by atoms with Gasteiger partial charge in [0.05, 0.1) is 0 Å². The Kier molecular flexibility index (Phi) is 4.53. The second-order valence-corrected chi connectivity index (χ2v) is 5.47. The number of hydrogen-bond acceptors (Lipinski definition) is 2. The molecule has 0 aliphatic heterocycles. The van der Waals surface area contributed by atoms with Gasteiger partial charge < -0.3 is 11.1 Å². The third-order valence-corrected chi connectivity index (χ3v) is 3.81. The summed E-state index contributed by atoms with van der Waals surface area (Å²) in [5.41, 5.74) is 6.85. The maximum Gasteiger partial charge on any atom is 0.251 e. The van der Waals surface area contributed by atoms with Gasteiger partial charge in [-0.25, -0.2) is 4.39 Å². The second-order valence-electron chi connectivity index (χ2n) is 5.47. The monoisotopic (exact) mass is 264 g/mol. The van der Waals surface area contributed by atoms with E-state index < -0.39 is 0 Å². The van der Waals surface area contributed by atoms with Gasteiger partial charge in [-0.3, -0.25) is 4.79 Å². The van der Waals surface area contributed by atoms with Gasteiger partial charge in [0.1, 0.15) is 5.82 Å². The molecule has 104 valence electrons. The number of amides is 1. The first kappa shape index (κ1) is 14.0. The van der Waals surface area contributed by atoms with Crippen molar-refractivity contribution in [1.82, 2.24) is 5.32 Å². The van der Waals surface area contributed by atoms with E-state index in [1.807, 2.05) is 0 Å².